The summed E-state index contributed by atoms with van der Waals surface area (Å²) in [5, 5.41) is 8.95. The first kappa shape index (κ1) is 26.2. The lowest BCUT2D eigenvalue weighted by atomic mass is 10.1. The van der Waals surface area contributed by atoms with Crippen LogP contribution in [0.15, 0.2) is 120 Å². The Morgan fingerprint density at radius 3 is 2.15 bits per heavy atom. The predicted octanol–water partition coefficient (Wildman–Crippen LogP) is 5.66. The van der Waals surface area contributed by atoms with Crippen molar-refractivity contribution in [3.63, 3.8) is 0 Å². The van der Waals surface area contributed by atoms with Gasteiger partial charge in [0.05, 0.1) is 19.0 Å². The van der Waals surface area contributed by atoms with Crippen LogP contribution in [-0.4, -0.2) is 35.6 Å². The normalized spacial score (nSPS) is 10.8. The van der Waals surface area contributed by atoms with Crippen molar-refractivity contribution in [3.8, 4) is 34.2 Å². The third-order valence-corrected chi connectivity index (χ3v) is 5.96. The molecule has 0 radical (unpaired) electrons. The van der Waals surface area contributed by atoms with Gasteiger partial charge in [0.1, 0.15) is 29.5 Å². The van der Waals surface area contributed by atoms with Gasteiger partial charge >= 0.3 is 0 Å². The van der Waals surface area contributed by atoms with Crippen LogP contribution in [0.2, 0.25) is 0 Å². The molecule has 0 saturated heterocycles. The summed E-state index contributed by atoms with van der Waals surface area (Å²) in [5.41, 5.74) is 6.86. The number of carbonyl (C=O) groups excluding carboxylic acids is 1. The molecule has 1 N–H and O–H groups in total. The van der Waals surface area contributed by atoms with Crippen LogP contribution in [0.3, 0.4) is 0 Å². The SMILES string of the molecule is COc1ccc(OCC(=O)NN=Cc2cn(-c3ccccc3)nc2-c2ccc(OCc3ccccc3)cc2)cc1. The standard InChI is InChI=1S/C32H28N4O4/c1-38-28-16-18-30(19-17-28)40-23-31(37)34-33-20-26-21-36(27-10-6-3-7-11-27)35-32(26)25-12-14-29(15-13-25)39-22-24-8-4-2-5-9-24/h2-21H,22-23H2,1H3,(H,34,37). The molecule has 4 aromatic carbocycles. The van der Waals surface area contributed by atoms with Crippen molar-refractivity contribution >= 4 is 12.1 Å². The van der Waals surface area contributed by atoms with Gasteiger partial charge in [0, 0.05) is 17.3 Å². The van der Waals surface area contributed by atoms with Crippen LogP contribution < -0.4 is 19.6 Å². The molecule has 1 amide bonds. The Kier molecular flexibility index (Phi) is 8.48. The number of para-hydroxylation sites is 1. The molecular formula is C32H28N4O4. The van der Waals surface area contributed by atoms with Crippen molar-refractivity contribution in [2.45, 2.75) is 6.61 Å². The molecule has 8 heteroatoms. The number of hydrogen-bond donors (Lipinski definition) is 1. The first-order valence-electron chi connectivity index (χ1n) is 12.7. The number of nitrogens with one attached hydrogen (secondary N) is 1. The molecule has 1 aromatic heterocycles. The lowest BCUT2D eigenvalue weighted by Gasteiger charge is -2.07. The second kappa shape index (κ2) is 12.9. The molecule has 0 unspecified atom stereocenters. The summed E-state index contributed by atoms with van der Waals surface area (Å²) in [7, 11) is 1.59. The third-order valence-electron chi connectivity index (χ3n) is 5.96. The van der Waals surface area contributed by atoms with Crippen LogP contribution in [0.1, 0.15) is 11.1 Å². The van der Waals surface area contributed by atoms with Gasteiger partial charge in [-0.1, -0.05) is 48.5 Å². The zero-order chi connectivity index (χ0) is 27.6. The lowest BCUT2D eigenvalue weighted by Crippen LogP contribution is -2.24. The van der Waals surface area contributed by atoms with E-state index in [-0.39, 0.29) is 12.5 Å². The molecule has 200 valence electrons. The average molecular weight is 533 g/mol. The van der Waals surface area contributed by atoms with E-state index in [1.165, 1.54) is 0 Å². The molecule has 0 aliphatic carbocycles. The van der Waals surface area contributed by atoms with E-state index in [0.717, 1.165) is 28.1 Å². The van der Waals surface area contributed by atoms with Crippen molar-refractivity contribution in [1.29, 1.82) is 0 Å². The Balaban J connectivity index is 1.28. The van der Waals surface area contributed by atoms with Crippen LogP contribution >= 0.6 is 0 Å². The molecule has 0 aliphatic rings. The number of nitrogens with zero attached hydrogens (tertiary/aromatic N) is 3. The summed E-state index contributed by atoms with van der Waals surface area (Å²) in [6.45, 7) is 0.312. The maximum atomic E-state index is 12.3. The number of rotatable bonds is 11. The highest BCUT2D eigenvalue weighted by molar-refractivity contribution is 5.89. The highest BCUT2D eigenvalue weighted by atomic mass is 16.5. The van der Waals surface area contributed by atoms with Gasteiger partial charge in [0.25, 0.3) is 5.91 Å². The number of ether oxygens (including phenoxy) is 3. The second-order valence-electron chi connectivity index (χ2n) is 8.77. The predicted molar refractivity (Wildman–Crippen MR) is 154 cm³/mol. The molecule has 0 aliphatic heterocycles. The van der Waals surface area contributed by atoms with Gasteiger partial charge < -0.3 is 14.2 Å². The van der Waals surface area contributed by atoms with Gasteiger partial charge in [-0.25, -0.2) is 10.1 Å². The summed E-state index contributed by atoms with van der Waals surface area (Å²) in [4.78, 5) is 12.3. The molecule has 8 nitrogen and oxygen atoms in total. The third kappa shape index (κ3) is 6.93. The lowest BCUT2D eigenvalue weighted by molar-refractivity contribution is -0.123. The maximum absolute atomic E-state index is 12.3. The molecule has 5 rings (SSSR count). The largest absolute Gasteiger partial charge is 0.497 e. The van der Waals surface area contributed by atoms with Crippen molar-refractivity contribution < 1.29 is 19.0 Å². The Bertz CT molecular complexity index is 1550. The molecule has 0 atom stereocenters. The molecule has 0 spiro atoms. The van der Waals surface area contributed by atoms with Gasteiger partial charge in [-0.05, 0) is 66.2 Å². The number of hydrazone groups is 1. The van der Waals surface area contributed by atoms with Gasteiger partial charge in [-0.3, -0.25) is 4.79 Å². The first-order chi connectivity index (χ1) is 19.7. The van der Waals surface area contributed by atoms with Gasteiger partial charge in [-0.2, -0.15) is 10.2 Å². The highest BCUT2D eigenvalue weighted by Gasteiger charge is 2.12. The quantitative estimate of drug-likeness (QED) is 0.175. The van der Waals surface area contributed by atoms with E-state index in [2.05, 4.69) is 10.5 Å². The van der Waals surface area contributed by atoms with Crippen LogP contribution in [-0.2, 0) is 11.4 Å². The van der Waals surface area contributed by atoms with E-state index in [1.54, 1.807) is 42.3 Å². The van der Waals surface area contributed by atoms with Crippen molar-refractivity contribution in [2.75, 3.05) is 13.7 Å². The molecule has 40 heavy (non-hydrogen) atoms. The van der Waals surface area contributed by atoms with E-state index >= 15 is 0 Å². The van der Waals surface area contributed by atoms with Crippen LogP contribution in [0.5, 0.6) is 17.2 Å². The Hall–Kier alpha value is -5.37. The fourth-order valence-corrected chi connectivity index (χ4v) is 3.90. The molecule has 1 heterocycles. The minimum atomic E-state index is -0.385. The fourth-order valence-electron chi connectivity index (χ4n) is 3.90. The highest BCUT2D eigenvalue weighted by Crippen LogP contribution is 2.25. The second-order valence-corrected chi connectivity index (χ2v) is 8.77. The number of carbonyl (C=O) groups is 1. The van der Waals surface area contributed by atoms with E-state index in [0.29, 0.717) is 23.8 Å². The van der Waals surface area contributed by atoms with Crippen LogP contribution in [0.25, 0.3) is 16.9 Å². The van der Waals surface area contributed by atoms with Crippen molar-refractivity contribution in [3.05, 3.63) is 127 Å². The molecule has 0 bridgehead atoms. The van der Waals surface area contributed by atoms with E-state index in [1.807, 2.05) is 91.1 Å². The molecule has 0 saturated carbocycles. The molecule has 5 aromatic rings. The van der Waals surface area contributed by atoms with Gasteiger partial charge in [-0.15, -0.1) is 0 Å². The minimum Gasteiger partial charge on any atom is -0.497 e. The summed E-state index contributed by atoms with van der Waals surface area (Å²) in [6.07, 6.45) is 3.45. The van der Waals surface area contributed by atoms with Crippen molar-refractivity contribution in [1.82, 2.24) is 15.2 Å². The summed E-state index contributed by atoms with van der Waals surface area (Å²) in [5.74, 6) is 1.64. The smallest absolute Gasteiger partial charge is 0.277 e. The average Bonchev–Trinajstić information content (AvgIpc) is 3.44. The summed E-state index contributed by atoms with van der Waals surface area (Å²) >= 11 is 0. The number of aromatic nitrogens is 2. The summed E-state index contributed by atoms with van der Waals surface area (Å²) in [6, 6.07) is 34.5. The number of methoxy groups -OCH3 is 1. The first-order valence-corrected chi connectivity index (χ1v) is 12.7. The zero-order valence-electron chi connectivity index (χ0n) is 21.9. The van der Waals surface area contributed by atoms with Crippen LogP contribution in [0.4, 0.5) is 0 Å². The Morgan fingerprint density at radius 2 is 1.45 bits per heavy atom. The van der Waals surface area contributed by atoms with Gasteiger partial charge in [0.2, 0.25) is 0 Å². The Labute approximate surface area is 232 Å². The zero-order valence-corrected chi connectivity index (χ0v) is 21.9. The number of hydrogen-bond acceptors (Lipinski definition) is 6. The molecule has 0 fully saturated rings. The maximum Gasteiger partial charge on any atom is 0.277 e. The van der Waals surface area contributed by atoms with E-state index < -0.39 is 0 Å². The van der Waals surface area contributed by atoms with Crippen LogP contribution in [0, 0.1) is 0 Å². The minimum absolute atomic E-state index is 0.176. The number of benzene rings is 4. The molecular weight excluding hydrogens is 504 g/mol. The van der Waals surface area contributed by atoms with E-state index in [4.69, 9.17) is 19.3 Å². The van der Waals surface area contributed by atoms with E-state index in [9.17, 15) is 4.79 Å². The Morgan fingerprint density at radius 1 is 0.825 bits per heavy atom. The fraction of sp³-hybridized carbons (Fsp3) is 0.0938. The summed E-state index contributed by atoms with van der Waals surface area (Å²) < 4.78 is 18.4. The van der Waals surface area contributed by atoms with Crippen molar-refractivity contribution in [2.24, 2.45) is 5.10 Å². The van der Waals surface area contributed by atoms with Gasteiger partial charge in [0.15, 0.2) is 6.61 Å². The number of amides is 1. The topological polar surface area (TPSA) is 87.0 Å². The monoisotopic (exact) mass is 532 g/mol.